The SMILES string of the molecule is CCCCNc1nc(N)nc2nc(O)n(CCCCN3CCN(C(C)(C)C)CC3)c12. The number of hydrogen-bond acceptors (Lipinski definition) is 8. The number of aryl methyl sites for hydroxylation is 1. The lowest BCUT2D eigenvalue weighted by Gasteiger charge is -2.42. The summed E-state index contributed by atoms with van der Waals surface area (Å²) in [6.07, 6.45) is 4.15. The zero-order chi connectivity index (χ0) is 21.7. The predicted octanol–water partition coefficient (Wildman–Crippen LogP) is 2.52. The molecule has 1 saturated heterocycles. The second-order valence-electron chi connectivity index (χ2n) is 9.15. The molecule has 1 aliphatic heterocycles. The van der Waals surface area contributed by atoms with Crippen molar-refractivity contribution in [1.29, 1.82) is 0 Å². The van der Waals surface area contributed by atoms with Crippen molar-refractivity contribution in [1.82, 2.24) is 29.3 Å². The van der Waals surface area contributed by atoms with Crippen molar-refractivity contribution in [3.63, 3.8) is 0 Å². The number of imidazole rings is 1. The van der Waals surface area contributed by atoms with Crippen LogP contribution in [-0.4, -0.2) is 79.2 Å². The van der Waals surface area contributed by atoms with E-state index in [0.717, 1.165) is 70.5 Å². The fourth-order valence-corrected chi connectivity index (χ4v) is 4.01. The Bertz CT molecular complexity index is 821. The third-order valence-corrected chi connectivity index (χ3v) is 5.85. The molecule has 1 aliphatic rings. The van der Waals surface area contributed by atoms with Crippen LogP contribution < -0.4 is 11.1 Å². The number of anilines is 2. The normalized spacial score (nSPS) is 16.4. The van der Waals surface area contributed by atoms with Gasteiger partial charge in [-0.1, -0.05) is 13.3 Å². The average Bonchev–Trinajstić information content (AvgIpc) is 3.00. The Hall–Kier alpha value is -2.13. The topological polar surface area (TPSA) is 108 Å². The van der Waals surface area contributed by atoms with Gasteiger partial charge in [0.05, 0.1) is 0 Å². The van der Waals surface area contributed by atoms with Gasteiger partial charge in [-0.25, -0.2) is 0 Å². The van der Waals surface area contributed by atoms with Gasteiger partial charge in [0, 0.05) is 44.8 Å². The second kappa shape index (κ2) is 9.78. The molecule has 0 spiro atoms. The van der Waals surface area contributed by atoms with Crippen molar-refractivity contribution < 1.29 is 5.11 Å². The summed E-state index contributed by atoms with van der Waals surface area (Å²) in [5, 5.41) is 13.7. The van der Waals surface area contributed by atoms with Crippen LogP contribution in [0.5, 0.6) is 6.01 Å². The molecule has 0 radical (unpaired) electrons. The minimum Gasteiger partial charge on any atom is -0.480 e. The molecular weight excluding hydrogens is 380 g/mol. The minimum absolute atomic E-state index is 0.0257. The lowest BCUT2D eigenvalue weighted by Crippen LogP contribution is -2.53. The van der Waals surface area contributed by atoms with Gasteiger partial charge in [0.2, 0.25) is 5.95 Å². The molecule has 3 rings (SSSR count). The number of aromatic nitrogens is 4. The fraction of sp³-hybridized carbons (Fsp3) is 0.762. The highest BCUT2D eigenvalue weighted by molar-refractivity contribution is 5.85. The van der Waals surface area contributed by atoms with E-state index in [0.29, 0.717) is 18.0 Å². The summed E-state index contributed by atoms with van der Waals surface area (Å²) >= 11 is 0. The van der Waals surface area contributed by atoms with Crippen LogP contribution in [-0.2, 0) is 6.54 Å². The van der Waals surface area contributed by atoms with E-state index >= 15 is 0 Å². The number of rotatable bonds is 9. The van der Waals surface area contributed by atoms with Crippen LogP contribution >= 0.6 is 0 Å². The van der Waals surface area contributed by atoms with E-state index in [-0.39, 0.29) is 17.5 Å². The highest BCUT2D eigenvalue weighted by atomic mass is 16.3. The second-order valence-corrected chi connectivity index (χ2v) is 9.15. The number of unbranched alkanes of at least 4 members (excludes halogenated alkanes) is 2. The highest BCUT2D eigenvalue weighted by Gasteiger charge is 2.25. The summed E-state index contributed by atoms with van der Waals surface area (Å²) in [5.41, 5.74) is 7.25. The van der Waals surface area contributed by atoms with Gasteiger partial charge in [-0.15, -0.1) is 0 Å². The molecule has 0 unspecified atom stereocenters. The average molecular weight is 419 g/mol. The van der Waals surface area contributed by atoms with E-state index in [2.05, 4.69) is 57.8 Å². The van der Waals surface area contributed by atoms with Crippen LogP contribution in [0.2, 0.25) is 0 Å². The van der Waals surface area contributed by atoms with Crippen LogP contribution in [0.1, 0.15) is 53.4 Å². The molecule has 0 amide bonds. The first-order valence-electron chi connectivity index (χ1n) is 11.2. The van der Waals surface area contributed by atoms with E-state index in [1.807, 2.05) is 0 Å². The zero-order valence-corrected chi connectivity index (χ0v) is 19.0. The molecule has 3 heterocycles. The molecule has 30 heavy (non-hydrogen) atoms. The summed E-state index contributed by atoms with van der Waals surface area (Å²) in [7, 11) is 0. The summed E-state index contributed by atoms with van der Waals surface area (Å²) in [6.45, 7) is 16.1. The molecule has 0 saturated carbocycles. The molecule has 168 valence electrons. The maximum absolute atomic E-state index is 10.4. The molecule has 0 atom stereocenters. The fourth-order valence-electron chi connectivity index (χ4n) is 4.01. The Balaban J connectivity index is 1.56. The number of nitrogens with two attached hydrogens (primary N) is 1. The van der Waals surface area contributed by atoms with Crippen LogP contribution in [0.3, 0.4) is 0 Å². The minimum atomic E-state index is -0.0257. The molecule has 0 aromatic carbocycles. The van der Waals surface area contributed by atoms with Crippen molar-refractivity contribution >= 4 is 22.9 Å². The monoisotopic (exact) mass is 418 g/mol. The summed E-state index contributed by atoms with van der Waals surface area (Å²) in [4.78, 5) is 17.8. The number of nitrogens with one attached hydrogen (secondary N) is 1. The molecule has 4 N–H and O–H groups in total. The van der Waals surface area contributed by atoms with Crippen molar-refractivity contribution in [3.05, 3.63) is 0 Å². The number of nitrogen functional groups attached to an aromatic ring is 1. The summed E-state index contributed by atoms with van der Waals surface area (Å²) in [5.74, 6) is 0.817. The van der Waals surface area contributed by atoms with E-state index in [4.69, 9.17) is 5.73 Å². The standard InChI is InChI=1S/C21H38N8O/c1-5-6-9-23-17-16-18(25-19(22)24-17)26-20(30)29(16)11-8-7-10-27-12-14-28(15-13-27)21(2,3)4/h5-15H2,1-4H3,(H4,22,23,24,25,26,30). The van der Waals surface area contributed by atoms with Crippen LogP contribution in [0.15, 0.2) is 0 Å². The largest absolute Gasteiger partial charge is 0.480 e. The van der Waals surface area contributed by atoms with E-state index < -0.39 is 0 Å². The van der Waals surface area contributed by atoms with Crippen molar-refractivity contribution in [2.75, 3.05) is 50.3 Å². The quantitative estimate of drug-likeness (QED) is 0.533. The number of fused-ring (bicyclic) bond motifs is 1. The van der Waals surface area contributed by atoms with Gasteiger partial charge in [-0.2, -0.15) is 15.0 Å². The molecule has 0 aliphatic carbocycles. The number of nitrogens with zero attached hydrogens (tertiary/aromatic N) is 6. The third-order valence-electron chi connectivity index (χ3n) is 5.85. The predicted molar refractivity (Wildman–Crippen MR) is 122 cm³/mol. The highest BCUT2D eigenvalue weighted by Crippen LogP contribution is 2.26. The van der Waals surface area contributed by atoms with Gasteiger partial charge in [0.25, 0.3) is 6.01 Å². The van der Waals surface area contributed by atoms with Gasteiger partial charge in [-0.3, -0.25) is 9.47 Å². The molecule has 2 aromatic rings. The molecule has 2 aromatic heterocycles. The van der Waals surface area contributed by atoms with Gasteiger partial charge in [0.1, 0.15) is 5.52 Å². The van der Waals surface area contributed by atoms with E-state index in [1.165, 1.54) is 0 Å². The van der Waals surface area contributed by atoms with Crippen LogP contribution in [0.25, 0.3) is 11.2 Å². The number of piperazine rings is 1. The summed E-state index contributed by atoms with van der Waals surface area (Å²) < 4.78 is 1.81. The molecule has 0 bridgehead atoms. The van der Waals surface area contributed by atoms with Crippen LogP contribution in [0, 0.1) is 0 Å². The molecule has 9 heteroatoms. The number of hydrogen-bond donors (Lipinski definition) is 3. The maximum atomic E-state index is 10.4. The lowest BCUT2D eigenvalue weighted by molar-refractivity contribution is 0.0615. The van der Waals surface area contributed by atoms with E-state index in [1.54, 1.807) is 4.57 Å². The Morgan fingerprint density at radius 2 is 1.70 bits per heavy atom. The van der Waals surface area contributed by atoms with Gasteiger partial charge >= 0.3 is 0 Å². The zero-order valence-electron chi connectivity index (χ0n) is 19.0. The van der Waals surface area contributed by atoms with Gasteiger partial charge in [-0.05, 0) is 46.6 Å². The molecule has 1 fully saturated rings. The molecule has 9 nitrogen and oxygen atoms in total. The first kappa shape index (κ1) is 22.6. The molecular formula is C21H38N8O. The van der Waals surface area contributed by atoms with Crippen LogP contribution in [0.4, 0.5) is 11.8 Å². The Kier molecular flexibility index (Phi) is 7.36. The Labute approximate surface area is 179 Å². The lowest BCUT2D eigenvalue weighted by atomic mass is 10.0. The summed E-state index contributed by atoms with van der Waals surface area (Å²) in [6, 6.07) is -0.0257. The first-order valence-corrected chi connectivity index (χ1v) is 11.2. The van der Waals surface area contributed by atoms with E-state index in [9.17, 15) is 5.11 Å². The smallest absolute Gasteiger partial charge is 0.296 e. The van der Waals surface area contributed by atoms with Crippen molar-refractivity contribution in [2.24, 2.45) is 0 Å². The van der Waals surface area contributed by atoms with Gasteiger partial charge in [0.15, 0.2) is 11.5 Å². The number of aromatic hydroxyl groups is 1. The Morgan fingerprint density at radius 3 is 2.37 bits per heavy atom. The van der Waals surface area contributed by atoms with Crippen molar-refractivity contribution in [2.45, 2.75) is 65.5 Å². The third kappa shape index (κ3) is 5.51. The first-order chi connectivity index (χ1) is 14.3. The Morgan fingerprint density at radius 1 is 1.00 bits per heavy atom. The van der Waals surface area contributed by atoms with Crippen molar-refractivity contribution in [3.8, 4) is 6.01 Å². The maximum Gasteiger partial charge on any atom is 0.296 e. The van der Waals surface area contributed by atoms with Gasteiger partial charge < -0.3 is 21.1 Å².